The van der Waals surface area contributed by atoms with E-state index in [1.165, 1.54) is 5.56 Å². The molecule has 2 aromatic rings. The molecule has 7 N–H and O–H groups in total. The van der Waals surface area contributed by atoms with Crippen LogP contribution in [0.25, 0.3) is 5.57 Å². The molecule has 0 saturated heterocycles. The van der Waals surface area contributed by atoms with Gasteiger partial charge in [-0.15, -0.1) is 0 Å². The zero-order chi connectivity index (χ0) is 27.0. The van der Waals surface area contributed by atoms with Crippen LogP contribution in [0.5, 0.6) is 0 Å². The second-order valence-electron chi connectivity index (χ2n) is 8.20. The molecule has 0 aliphatic carbocycles. The molecule has 5 heteroatoms. The quantitative estimate of drug-likeness (QED) is 0.147. The Labute approximate surface area is 213 Å². The van der Waals surface area contributed by atoms with Crippen LogP contribution < -0.4 is 22.5 Å². The second-order valence-corrected chi connectivity index (χ2v) is 8.20. The SMILES string of the molecule is C=C(/C(=C\C)NC(C)C)/C(CC=O)=C(\C)c1cccc(N)c1.CC.CCc1ccc(C(N)N)cc1. The zero-order valence-corrected chi connectivity index (χ0v) is 22.7. The van der Waals surface area contributed by atoms with Gasteiger partial charge in [0.1, 0.15) is 6.29 Å². The Bertz CT molecular complexity index is 970. The fourth-order valence-corrected chi connectivity index (χ4v) is 3.33. The zero-order valence-electron chi connectivity index (χ0n) is 22.7. The molecule has 2 rings (SSSR count). The number of carbonyl (C=O) groups excluding carboxylic acids is 1. The van der Waals surface area contributed by atoms with Crippen LogP contribution in [-0.4, -0.2) is 12.3 Å². The molecular formula is C30H46N4O. The number of benzene rings is 2. The van der Waals surface area contributed by atoms with E-state index in [-0.39, 0.29) is 6.17 Å². The molecule has 0 fully saturated rings. The summed E-state index contributed by atoms with van der Waals surface area (Å²) in [4.78, 5) is 11.1. The van der Waals surface area contributed by atoms with Gasteiger partial charge in [0.15, 0.2) is 0 Å². The molecule has 0 atom stereocenters. The van der Waals surface area contributed by atoms with Crippen molar-refractivity contribution >= 4 is 17.5 Å². The van der Waals surface area contributed by atoms with Gasteiger partial charge in [-0.25, -0.2) is 0 Å². The number of allylic oxidation sites excluding steroid dienone is 3. The first-order valence-corrected chi connectivity index (χ1v) is 12.4. The molecule has 0 aliphatic heterocycles. The first kappa shape index (κ1) is 31.9. The first-order valence-electron chi connectivity index (χ1n) is 12.4. The number of nitrogens with two attached hydrogens (primary N) is 3. The van der Waals surface area contributed by atoms with Gasteiger partial charge >= 0.3 is 0 Å². The van der Waals surface area contributed by atoms with Crippen molar-refractivity contribution in [2.45, 2.75) is 73.5 Å². The van der Waals surface area contributed by atoms with Crippen LogP contribution >= 0.6 is 0 Å². The van der Waals surface area contributed by atoms with Crippen molar-refractivity contribution < 1.29 is 4.79 Å². The molecular weight excluding hydrogens is 432 g/mol. The van der Waals surface area contributed by atoms with Crippen molar-refractivity contribution in [2.75, 3.05) is 5.73 Å². The van der Waals surface area contributed by atoms with E-state index >= 15 is 0 Å². The van der Waals surface area contributed by atoms with E-state index < -0.39 is 0 Å². The van der Waals surface area contributed by atoms with Gasteiger partial charge in [-0.05, 0) is 79.7 Å². The van der Waals surface area contributed by atoms with Crippen molar-refractivity contribution in [1.82, 2.24) is 5.32 Å². The van der Waals surface area contributed by atoms with Crippen LogP contribution in [0.3, 0.4) is 0 Å². The third-order valence-electron chi connectivity index (χ3n) is 5.25. The van der Waals surface area contributed by atoms with E-state index in [1.807, 2.05) is 70.2 Å². The Morgan fingerprint density at radius 3 is 2.11 bits per heavy atom. The van der Waals surface area contributed by atoms with Gasteiger partial charge in [-0.3, -0.25) is 0 Å². The second kappa shape index (κ2) is 17.3. The molecule has 0 spiro atoms. The highest BCUT2D eigenvalue weighted by atomic mass is 16.1. The predicted molar refractivity (Wildman–Crippen MR) is 154 cm³/mol. The Morgan fingerprint density at radius 2 is 1.69 bits per heavy atom. The van der Waals surface area contributed by atoms with Gasteiger partial charge in [0, 0.05) is 23.8 Å². The summed E-state index contributed by atoms with van der Waals surface area (Å²) in [6.07, 6.45) is 3.94. The summed E-state index contributed by atoms with van der Waals surface area (Å²) in [5.74, 6) is 0. The largest absolute Gasteiger partial charge is 0.399 e. The van der Waals surface area contributed by atoms with Crippen LogP contribution in [-0.2, 0) is 11.2 Å². The monoisotopic (exact) mass is 478 g/mol. The fourth-order valence-electron chi connectivity index (χ4n) is 3.33. The molecule has 192 valence electrons. The van der Waals surface area contributed by atoms with Crippen LogP contribution in [0.2, 0.25) is 0 Å². The minimum atomic E-state index is -0.346. The van der Waals surface area contributed by atoms with Crippen LogP contribution in [0, 0.1) is 0 Å². The van der Waals surface area contributed by atoms with E-state index in [2.05, 4.69) is 44.8 Å². The summed E-state index contributed by atoms with van der Waals surface area (Å²) in [7, 11) is 0. The minimum Gasteiger partial charge on any atom is -0.399 e. The Kier molecular flexibility index (Phi) is 15.8. The van der Waals surface area contributed by atoms with Gasteiger partial charge < -0.3 is 27.3 Å². The van der Waals surface area contributed by atoms with Crippen molar-refractivity contribution in [1.29, 1.82) is 0 Å². The number of anilines is 1. The van der Waals surface area contributed by atoms with Gasteiger partial charge in [-0.1, -0.05) is 69.8 Å². The highest BCUT2D eigenvalue weighted by Gasteiger charge is 2.13. The number of nitrogen functional groups attached to an aromatic ring is 1. The van der Waals surface area contributed by atoms with Crippen molar-refractivity contribution in [3.63, 3.8) is 0 Å². The van der Waals surface area contributed by atoms with Crippen LogP contribution in [0.4, 0.5) is 5.69 Å². The Morgan fingerprint density at radius 1 is 1.09 bits per heavy atom. The predicted octanol–water partition coefficient (Wildman–Crippen LogP) is 6.28. The molecule has 0 unspecified atom stereocenters. The minimum absolute atomic E-state index is 0.299. The molecule has 0 aromatic heterocycles. The van der Waals surface area contributed by atoms with Gasteiger partial charge in [0.05, 0.1) is 6.17 Å². The standard InChI is InChI=1S/C19H26N2O.C9H14N2.C2H6/c1-6-19(21-13(2)3)15(5)18(10-11-22)14(4)16-8-7-9-17(20)12-16;1-2-7-3-5-8(6-4-7)9(10)11;1-2/h6-9,11-13,21H,5,10,20H2,1-4H3;3-6,9H,2,10-11H2,1H3;1-2H3/b18-14+,19-6+;;. The maximum Gasteiger partial charge on any atom is 0.124 e. The summed E-state index contributed by atoms with van der Waals surface area (Å²) in [6, 6.07) is 16.0. The highest BCUT2D eigenvalue weighted by Crippen LogP contribution is 2.29. The summed E-state index contributed by atoms with van der Waals surface area (Å²) in [5, 5.41) is 3.37. The van der Waals surface area contributed by atoms with Crippen molar-refractivity contribution in [2.24, 2.45) is 11.5 Å². The van der Waals surface area contributed by atoms with E-state index in [4.69, 9.17) is 17.2 Å². The molecule has 0 saturated carbocycles. The third-order valence-corrected chi connectivity index (χ3v) is 5.25. The Balaban J connectivity index is 0.000000742. The maximum atomic E-state index is 11.1. The van der Waals surface area contributed by atoms with E-state index in [1.54, 1.807) is 0 Å². The third kappa shape index (κ3) is 11.2. The smallest absolute Gasteiger partial charge is 0.124 e. The van der Waals surface area contributed by atoms with Gasteiger partial charge in [0.2, 0.25) is 0 Å². The number of aldehydes is 1. The molecule has 0 heterocycles. The van der Waals surface area contributed by atoms with E-state index in [9.17, 15) is 4.79 Å². The molecule has 0 bridgehead atoms. The first-order chi connectivity index (χ1) is 16.6. The highest BCUT2D eigenvalue weighted by molar-refractivity contribution is 5.78. The number of rotatable bonds is 9. The fraction of sp³-hybridized carbons (Fsp3) is 0.367. The summed E-state index contributed by atoms with van der Waals surface area (Å²) in [6.45, 7) is 18.4. The number of aryl methyl sites for hydroxylation is 1. The molecule has 0 radical (unpaired) electrons. The normalized spacial score (nSPS) is 11.6. The molecule has 2 aromatic carbocycles. The number of hydrogen-bond donors (Lipinski definition) is 4. The molecule has 0 amide bonds. The summed E-state index contributed by atoms with van der Waals surface area (Å²) < 4.78 is 0. The molecule has 35 heavy (non-hydrogen) atoms. The van der Waals surface area contributed by atoms with Crippen molar-refractivity contribution in [3.05, 3.63) is 94.7 Å². The average Bonchev–Trinajstić information content (AvgIpc) is 2.86. The lowest BCUT2D eigenvalue weighted by molar-refractivity contribution is -0.107. The molecule has 0 aliphatic rings. The van der Waals surface area contributed by atoms with Crippen LogP contribution in [0.1, 0.15) is 77.7 Å². The van der Waals surface area contributed by atoms with E-state index in [0.29, 0.717) is 18.2 Å². The maximum absolute atomic E-state index is 11.1. The lowest BCUT2D eigenvalue weighted by Gasteiger charge is -2.20. The van der Waals surface area contributed by atoms with E-state index in [0.717, 1.165) is 46.3 Å². The lowest BCUT2D eigenvalue weighted by Crippen LogP contribution is -2.23. The molecule has 5 nitrogen and oxygen atoms in total. The number of hydrogen-bond acceptors (Lipinski definition) is 5. The topological polar surface area (TPSA) is 107 Å². The van der Waals surface area contributed by atoms with Gasteiger partial charge in [0.25, 0.3) is 0 Å². The van der Waals surface area contributed by atoms with Crippen LogP contribution in [0.15, 0.2) is 78.0 Å². The van der Waals surface area contributed by atoms with Crippen molar-refractivity contribution in [3.8, 4) is 0 Å². The summed E-state index contributed by atoms with van der Waals surface area (Å²) >= 11 is 0. The average molecular weight is 479 g/mol. The Hall–Kier alpha value is -3.15. The number of nitrogens with one attached hydrogen (secondary N) is 1. The van der Waals surface area contributed by atoms with Gasteiger partial charge in [-0.2, -0.15) is 0 Å². The number of carbonyl (C=O) groups is 1. The summed E-state index contributed by atoms with van der Waals surface area (Å²) in [5.41, 5.74) is 24.6. The lowest BCUT2D eigenvalue weighted by atomic mass is 9.92.